The standard InChI is InChI=1S/C24H27N5O4.CH4/c1-15-2-4-16(5-3-15)13-26-23(32)19-12-17-6-7-20(25)27-22(17)29(24(19)33)11-9-21(31)28-10-8-18(30)14-28;/h2-7,12,18,30H,8-11,13-14H2,1H3,(H2,25,27)(H,26,32);1H4. The molecule has 1 aromatic carbocycles. The largest absolute Gasteiger partial charge is 0.391 e. The lowest BCUT2D eigenvalue weighted by molar-refractivity contribution is -0.130. The van der Waals surface area contributed by atoms with Crippen LogP contribution in [0, 0.1) is 6.92 Å². The van der Waals surface area contributed by atoms with Gasteiger partial charge in [0.1, 0.15) is 17.0 Å². The highest BCUT2D eigenvalue weighted by Crippen LogP contribution is 2.16. The first-order chi connectivity index (χ1) is 15.8. The van der Waals surface area contributed by atoms with Gasteiger partial charge in [0.15, 0.2) is 0 Å². The number of anilines is 1. The van der Waals surface area contributed by atoms with Gasteiger partial charge in [0.25, 0.3) is 11.5 Å². The number of amides is 2. The SMILES string of the molecule is C.Cc1ccc(CNC(=O)c2cc3ccc(N)nc3n(CCC(=O)N3CCC(O)C3)c2=O)cc1. The number of carbonyl (C=O) groups is 2. The number of fused-ring (bicyclic) bond motifs is 1. The van der Waals surface area contributed by atoms with Crippen molar-refractivity contribution in [2.75, 3.05) is 18.8 Å². The second-order valence-corrected chi connectivity index (χ2v) is 8.36. The summed E-state index contributed by atoms with van der Waals surface area (Å²) in [6.07, 6.45) is 0.0789. The fraction of sp³-hybridized carbons (Fsp3) is 0.360. The molecule has 1 saturated heterocycles. The van der Waals surface area contributed by atoms with Gasteiger partial charge in [-0.25, -0.2) is 4.98 Å². The molecule has 9 heteroatoms. The average Bonchev–Trinajstić information content (AvgIpc) is 3.24. The van der Waals surface area contributed by atoms with Crippen molar-refractivity contribution < 1.29 is 14.7 Å². The van der Waals surface area contributed by atoms with E-state index in [1.165, 1.54) is 10.6 Å². The van der Waals surface area contributed by atoms with Crippen LogP contribution in [0.25, 0.3) is 11.0 Å². The quantitative estimate of drug-likeness (QED) is 0.509. The molecule has 2 aromatic heterocycles. The van der Waals surface area contributed by atoms with E-state index in [1.54, 1.807) is 17.0 Å². The molecule has 2 amide bonds. The highest BCUT2D eigenvalue weighted by atomic mass is 16.3. The Morgan fingerprint density at radius 3 is 2.62 bits per heavy atom. The summed E-state index contributed by atoms with van der Waals surface area (Å²) in [6, 6.07) is 12.5. The smallest absolute Gasteiger partial charge is 0.265 e. The second kappa shape index (κ2) is 10.5. The molecule has 1 unspecified atom stereocenters. The molecule has 9 nitrogen and oxygen atoms in total. The van der Waals surface area contributed by atoms with Gasteiger partial charge in [-0.15, -0.1) is 0 Å². The first-order valence-corrected chi connectivity index (χ1v) is 10.9. The molecule has 4 rings (SSSR count). The molecule has 0 spiro atoms. The normalized spacial score (nSPS) is 15.2. The van der Waals surface area contributed by atoms with Gasteiger partial charge in [0, 0.05) is 38.0 Å². The number of likely N-dealkylation sites (tertiary alicyclic amines) is 1. The second-order valence-electron chi connectivity index (χ2n) is 8.36. The van der Waals surface area contributed by atoms with E-state index in [9.17, 15) is 19.5 Å². The molecule has 3 aromatic rings. The van der Waals surface area contributed by atoms with Crippen molar-refractivity contribution >= 4 is 28.7 Å². The number of β-amino-alcohol motifs (C(OH)–C–C–N with tert-alkyl or cyclic N) is 1. The number of hydrogen-bond acceptors (Lipinski definition) is 6. The average molecular weight is 466 g/mol. The third-order valence-corrected chi connectivity index (χ3v) is 5.84. The molecular formula is C25H31N5O4. The maximum atomic E-state index is 13.2. The summed E-state index contributed by atoms with van der Waals surface area (Å²) in [5.41, 5.74) is 7.63. The van der Waals surface area contributed by atoms with Gasteiger partial charge in [-0.05, 0) is 37.1 Å². The summed E-state index contributed by atoms with van der Waals surface area (Å²) >= 11 is 0. The Kier molecular flexibility index (Phi) is 7.68. The number of aromatic nitrogens is 2. The number of nitrogen functional groups attached to an aromatic ring is 1. The van der Waals surface area contributed by atoms with Crippen LogP contribution in [0.4, 0.5) is 5.82 Å². The van der Waals surface area contributed by atoms with Gasteiger partial charge in [-0.3, -0.25) is 19.0 Å². The molecule has 34 heavy (non-hydrogen) atoms. The van der Waals surface area contributed by atoms with E-state index in [0.29, 0.717) is 30.5 Å². The number of nitrogens with zero attached hydrogens (tertiary/aromatic N) is 3. The Labute approximate surface area is 198 Å². The third kappa shape index (κ3) is 5.43. The van der Waals surface area contributed by atoms with E-state index in [-0.39, 0.29) is 44.2 Å². The van der Waals surface area contributed by atoms with Gasteiger partial charge in [-0.1, -0.05) is 37.3 Å². The molecule has 1 fully saturated rings. The number of hydrogen-bond donors (Lipinski definition) is 3. The van der Waals surface area contributed by atoms with E-state index in [2.05, 4.69) is 10.3 Å². The lowest BCUT2D eigenvalue weighted by Crippen LogP contribution is -2.35. The minimum atomic E-state index is -0.531. The van der Waals surface area contributed by atoms with Crippen LogP contribution in [0.1, 0.15) is 41.8 Å². The van der Waals surface area contributed by atoms with Gasteiger partial charge in [0.2, 0.25) is 5.91 Å². The van der Waals surface area contributed by atoms with Crippen molar-refractivity contribution in [1.29, 1.82) is 0 Å². The molecule has 1 aliphatic heterocycles. The lowest BCUT2D eigenvalue weighted by Gasteiger charge is -2.17. The Bertz CT molecular complexity index is 1250. The van der Waals surface area contributed by atoms with Crippen LogP contribution in [0.2, 0.25) is 0 Å². The minimum Gasteiger partial charge on any atom is -0.391 e. The van der Waals surface area contributed by atoms with E-state index >= 15 is 0 Å². The van der Waals surface area contributed by atoms with E-state index in [1.807, 2.05) is 31.2 Å². The van der Waals surface area contributed by atoms with Crippen LogP contribution in [-0.2, 0) is 17.9 Å². The maximum absolute atomic E-state index is 13.2. The molecule has 0 saturated carbocycles. The van der Waals surface area contributed by atoms with Gasteiger partial charge < -0.3 is 21.1 Å². The Morgan fingerprint density at radius 2 is 1.94 bits per heavy atom. The number of pyridine rings is 2. The minimum absolute atomic E-state index is 0. The van der Waals surface area contributed by atoms with Crippen molar-refractivity contribution in [3.05, 3.63) is 69.5 Å². The number of nitrogens with one attached hydrogen (secondary N) is 1. The molecule has 180 valence electrons. The number of aliphatic hydroxyl groups excluding tert-OH is 1. The van der Waals surface area contributed by atoms with Crippen molar-refractivity contribution in [3.8, 4) is 0 Å². The van der Waals surface area contributed by atoms with Crippen LogP contribution in [0.3, 0.4) is 0 Å². The molecule has 1 atom stereocenters. The van der Waals surface area contributed by atoms with Crippen LogP contribution in [0.5, 0.6) is 0 Å². The first kappa shape index (κ1) is 24.9. The number of carbonyl (C=O) groups excluding carboxylic acids is 2. The number of benzene rings is 1. The van der Waals surface area contributed by atoms with Crippen LogP contribution in [0.15, 0.2) is 47.3 Å². The van der Waals surface area contributed by atoms with Crippen molar-refractivity contribution in [1.82, 2.24) is 19.8 Å². The molecule has 0 radical (unpaired) electrons. The zero-order valence-corrected chi connectivity index (χ0v) is 18.5. The maximum Gasteiger partial charge on any atom is 0.265 e. The Balaban J connectivity index is 0.00000324. The zero-order valence-electron chi connectivity index (χ0n) is 18.5. The summed E-state index contributed by atoms with van der Waals surface area (Å²) in [4.78, 5) is 44.5. The predicted molar refractivity (Wildman–Crippen MR) is 131 cm³/mol. The van der Waals surface area contributed by atoms with Crippen molar-refractivity contribution in [2.24, 2.45) is 0 Å². The first-order valence-electron chi connectivity index (χ1n) is 10.9. The number of aryl methyl sites for hydroxylation is 2. The number of aliphatic hydroxyl groups is 1. The van der Waals surface area contributed by atoms with Crippen LogP contribution < -0.4 is 16.6 Å². The van der Waals surface area contributed by atoms with E-state index < -0.39 is 17.6 Å². The zero-order chi connectivity index (χ0) is 23.5. The summed E-state index contributed by atoms with van der Waals surface area (Å²) < 4.78 is 1.33. The van der Waals surface area contributed by atoms with E-state index in [4.69, 9.17) is 5.73 Å². The number of nitrogens with two attached hydrogens (primary N) is 1. The molecule has 4 N–H and O–H groups in total. The van der Waals surface area contributed by atoms with Gasteiger partial charge >= 0.3 is 0 Å². The van der Waals surface area contributed by atoms with E-state index in [0.717, 1.165) is 11.1 Å². The molecule has 0 bridgehead atoms. The molecule has 0 aliphatic carbocycles. The van der Waals surface area contributed by atoms with Crippen LogP contribution >= 0.6 is 0 Å². The van der Waals surface area contributed by atoms with Crippen LogP contribution in [-0.4, -0.2) is 50.6 Å². The fourth-order valence-electron chi connectivity index (χ4n) is 3.95. The van der Waals surface area contributed by atoms with Gasteiger partial charge in [-0.2, -0.15) is 0 Å². The van der Waals surface area contributed by atoms with Crippen molar-refractivity contribution in [3.63, 3.8) is 0 Å². The molecule has 1 aliphatic rings. The number of rotatable bonds is 6. The predicted octanol–water partition coefficient (Wildman–Crippen LogP) is 1.84. The fourth-order valence-corrected chi connectivity index (χ4v) is 3.95. The third-order valence-electron chi connectivity index (χ3n) is 5.84. The van der Waals surface area contributed by atoms with Gasteiger partial charge in [0.05, 0.1) is 6.10 Å². The monoisotopic (exact) mass is 465 g/mol. The highest BCUT2D eigenvalue weighted by Gasteiger charge is 2.25. The summed E-state index contributed by atoms with van der Waals surface area (Å²) in [7, 11) is 0. The Hall–Kier alpha value is -3.72. The topological polar surface area (TPSA) is 131 Å². The Morgan fingerprint density at radius 1 is 1.21 bits per heavy atom. The summed E-state index contributed by atoms with van der Waals surface area (Å²) in [5, 5.41) is 13.0. The molecule has 3 heterocycles. The summed E-state index contributed by atoms with van der Waals surface area (Å²) in [6.45, 7) is 3.10. The summed E-state index contributed by atoms with van der Waals surface area (Å²) in [5.74, 6) is -0.423. The van der Waals surface area contributed by atoms with Crippen molar-refractivity contribution in [2.45, 2.75) is 46.4 Å². The highest BCUT2D eigenvalue weighted by molar-refractivity contribution is 5.97. The lowest BCUT2D eigenvalue weighted by atomic mass is 10.1. The molecular weight excluding hydrogens is 434 g/mol.